The second-order valence-corrected chi connectivity index (χ2v) is 4.49. The lowest BCUT2D eigenvalue weighted by Crippen LogP contribution is -2.53. The fraction of sp³-hybridized carbons (Fsp3) is 0.462. The Morgan fingerprint density at radius 1 is 1.18 bits per heavy atom. The van der Waals surface area contributed by atoms with Crippen molar-refractivity contribution in [3.8, 4) is 0 Å². The van der Waals surface area contributed by atoms with Crippen molar-refractivity contribution in [1.82, 2.24) is 4.90 Å². The highest BCUT2D eigenvalue weighted by Gasteiger charge is 2.22. The van der Waals surface area contributed by atoms with Crippen molar-refractivity contribution >= 4 is 11.5 Å². The molecule has 0 bridgehead atoms. The average Bonchev–Trinajstić information content (AvgIpc) is 2.39. The molecule has 0 aliphatic carbocycles. The van der Waals surface area contributed by atoms with Gasteiger partial charge in [0.15, 0.2) is 0 Å². The predicted molar refractivity (Wildman–Crippen MR) is 71.6 cm³/mol. The largest absolute Gasteiger partial charge is 0.386 e. The Balaban J connectivity index is 1.93. The van der Waals surface area contributed by atoms with Crippen molar-refractivity contribution in [3.05, 3.63) is 30.3 Å². The maximum Gasteiger partial charge on any atom is 0.108 e. The number of anilines is 1. The van der Waals surface area contributed by atoms with Crippen LogP contribution < -0.4 is 10.6 Å². The third-order valence-electron chi connectivity index (χ3n) is 3.43. The molecule has 0 saturated carbocycles. The Labute approximate surface area is 103 Å². The molecule has 0 radical (unpaired) electrons. The molecule has 1 unspecified atom stereocenters. The maximum atomic E-state index is 7.47. The second-order valence-electron chi connectivity index (χ2n) is 4.49. The SMILES string of the molecule is CC(C(=N)N)N1CCN(c2ccccc2)CC1. The highest BCUT2D eigenvalue weighted by atomic mass is 15.3. The van der Waals surface area contributed by atoms with E-state index in [1.165, 1.54) is 5.69 Å². The number of rotatable bonds is 3. The van der Waals surface area contributed by atoms with Crippen molar-refractivity contribution in [2.24, 2.45) is 5.73 Å². The lowest BCUT2D eigenvalue weighted by molar-refractivity contribution is 0.237. The summed E-state index contributed by atoms with van der Waals surface area (Å²) in [4.78, 5) is 4.64. The highest BCUT2D eigenvalue weighted by Crippen LogP contribution is 2.16. The molecule has 1 heterocycles. The molecule has 1 fully saturated rings. The lowest BCUT2D eigenvalue weighted by Gasteiger charge is -2.38. The smallest absolute Gasteiger partial charge is 0.108 e. The van der Waals surface area contributed by atoms with Gasteiger partial charge in [-0.2, -0.15) is 0 Å². The number of piperazine rings is 1. The van der Waals surface area contributed by atoms with Crippen LogP contribution in [0, 0.1) is 5.41 Å². The molecule has 0 amide bonds. The van der Waals surface area contributed by atoms with E-state index in [1.807, 2.05) is 13.0 Å². The van der Waals surface area contributed by atoms with E-state index < -0.39 is 0 Å². The number of hydrogen-bond donors (Lipinski definition) is 2. The Hall–Kier alpha value is -1.55. The van der Waals surface area contributed by atoms with Crippen molar-refractivity contribution in [2.75, 3.05) is 31.1 Å². The fourth-order valence-corrected chi connectivity index (χ4v) is 2.20. The van der Waals surface area contributed by atoms with Crippen molar-refractivity contribution in [2.45, 2.75) is 13.0 Å². The molecule has 3 N–H and O–H groups in total. The number of nitrogens with two attached hydrogens (primary N) is 1. The van der Waals surface area contributed by atoms with Gasteiger partial charge in [-0.15, -0.1) is 0 Å². The van der Waals surface area contributed by atoms with Crippen LogP contribution in [0.5, 0.6) is 0 Å². The molecule has 1 aromatic carbocycles. The van der Waals surface area contributed by atoms with E-state index in [-0.39, 0.29) is 11.9 Å². The second kappa shape index (κ2) is 5.19. The summed E-state index contributed by atoms with van der Waals surface area (Å²) in [7, 11) is 0. The summed E-state index contributed by atoms with van der Waals surface area (Å²) in [6.07, 6.45) is 0. The quantitative estimate of drug-likeness (QED) is 0.607. The molecular weight excluding hydrogens is 212 g/mol. The van der Waals surface area contributed by atoms with E-state index in [0.717, 1.165) is 26.2 Å². The topological polar surface area (TPSA) is 56.4 Å². The Kier molecular flexibility index (Phi) is 3.64. The lowest BCUT2D eigenvalue weighted by atomic mass is 10.2. The molecule has 1 aliphatic heterocycles. The molecule has 2 rings (SSSR count). The number of benzene rings is 1. The van der Waals surface area contributed by atoms with Gasteiger partial charge in [0.05, 0.1) is 6.04 Å². The first-order chi connectivity index (χ1) is 8.18. The van der Waals surface area contributed by atoms with E-state index in [9.17, 15) is 0 Å². The van der Waals surface area contributed by atoms with E-state index in [0.29, 0.717) is 0 Å². The van der Waals surface area contributed by atoms with Gasteiger partial charge in [0.25, 0.3) is 0 Å². The zero-order valence-corrected chi connectivity index (χ0v) is 10.3. The monoisotopic (exact) mass is 232 g/mol. The molecule has 4 nitrogen and oxygen atoms in total. The summed E-state index contributed by atoms with van der Waals surface area (Å²) in [5.41, 5.74) is 6.82. The van der Waals surface area contributed by atoms with Crippen LogP contribution in [0.2, 0.25) is 0 Å². The molecule has 0 aromatic heterocycles. The van der Waals surface area contributed by atoms with Gasteiger partial charge in [-0.05, 0) is 19.1 Å². The summed E-state index contributed by atoms with van der Waals surface area (Å²) in [6, 6.07) is 10.5. The third-order valence-corrected chi connectivity index (χ3v) is 3.43. The van der Waals surface area contributed by atoms with Crippen LogP contribution in [-0.2, 0) is 0 Å². The van der Waals surface area contributed by atoms with Gasteiger partial charge >= 0.3 is 0 Å². The van der Waals surface area contributed by atoms with E-state index in [1.54, 1.807) is 0 Å². The summed E-state index contributed by atoms with van der Waals surface area (Å²) >= 11 is 0. The molecule has 4 heteroatoms. The molecular formula is C13H20N4. The Morgan fingerprint density at radius 2 is 1.76 bits per heavy atom. The van der Waals surface area contributed by atoms with E-state index >= 15 is 0 Å². The van der Waals surface area contributed by atoms with E-state index in [2.05, 4.69) is 34.1 Å². The van der Waals surface area contributed by atoms with Crippen LogP contribution in [0.4, 0.5) is 5.69 Å². The van der Waals surface area contributed by atoms with Crippen LogP contribution >= 0.6 is 0 Å². The van der Waals surface area contributed by atoms with Gasteiger partial charge in [0.1, 0.15) is 5.84 Å². The van der Waals surface area contributed by atoms with Crippen LogP contribution in [0.15, 0.2) is 30.3 Å². The summed E-state index contributed by atoms with van der Waals surface area (Å²) in [5.74, 6) is 0.262. The standard InChI is InChI=1S/C13H20N4/c1-11(13(14)15)16-7-9-17(10-8-16)12-5-3-2-4-6-12/h2-6,11H,7-10H2,1H3,(H3,14,15). The van der Waals surface area contributed by atoms with Crippen LogP contribution in [0.3, 0.4) is 0 Å². The molecule has 1 atom stereocenters. The molecule has 1 aromatic rings. The molecule has 92 valence electrons. The summed E-state index contributed by atoms with van der Waals surface area (Å²) in [6.45, 7) is 5.94. The predicted octanol–water partition coefficient (Wildman–Crippen LogP) is 1.13. The van der Waals surface area contributed by atoms with Gasteiger partial charge < -0.3 is 10.6 Å². The molecule has 0 spiro atoms. The first-order valence-electron chi connectivity index (χ1n) is 6.06. The van der Waals surface area contributed by atoms with Crippen molar-refractivity contribution in [1.29, 1.82) is 5.41 Å². The minimum absolute atomic E-state index is 0.0629. The first kappa shape index (κ1) is 11.9. The zero-order chi connectivity index (χ0) is 12.3. The van der Waals surface area contributed by atoms with E-state index in [4.69, 9.17) is 11.1 Å². The summed E-state index contributed by atoms with van der Waals surface area (Å²) in [5, 5.41) is 7.47. The number of hydrogen-bond acceptors (Lipinski definition) is 3. The number of nitrogens with one attached hydrogen (secondary N) is 1. The normalized spacial score (nSPS) is 19.0. The fourth-order valence-electron chi connectivity index (χ4n) is 2.20. The minimum atomic E-state index is 0.0629. The molecule has 1 aliphatic rings. The summed E-state index contributed by atoms with van der Waals surface area (Å²) < 4.78 is 0. The first-order valence-corrected chi connectivity index (χ1v) is 6.06. The Morgan fingerprint density at radius 3 is 2.29 bits per heavy atom. The molecule has 17 heavy (non-hydrogen) atoms. The number of para-hydroxylation sites is 1. The Bertz CT molecular complexity index is 368. The highest BCUT2D eigenvalue weighted by molar-refractivity contribution is 5.82. The van der Waals surface area contributed by atoms with Gasteiger partial charge in [0, 0.05) is 31.9 Å². The van der Waals surface area contributed by atoms with Gasteiger partial charge in [-0.25, -0.2) is 0 Å². The number of amidine groups is 1. The van der Waals surface area contributed by atoms with Crippen LogP contribution in [0.25, 0.3) is 0 Å². The number of nitrogens with zero attached hydrogens (tertiary/aromatic N) is 2. The van der Waals surface area contributed by atoms with Crippen LogP contribution in [0.1, 0.15) is 6.92 Å². The van der Waals surface area contributed by atoms with Gasteiger partial charge in [0.2, 0.25) is 0 Å². The maximum absolute atomic E-state index is 7.47. The minimum Gasteiger partial charge on any atom is -0.386 e. The molecule has 1 saturated heterocycles. The van der Waals surface area contributed by atoms with Crippen molar-refractivity contribution < 1.29 is 0 Å². The zero-order valence-electron chi connectivity index (χ0n) is 10.3. The van der Waals surface area contributed by atoms with Gasteiger partial charge in [-0.1, -0.05) is 18.2 Å². The third kappa shape index (κ3) is 2.77. The average molecular weight is 232 g/mol. The van der Waals surface area contributed by atoms with Gasteiger partial charge in [-0.3, -0.25) is 10.3 Å². The van der Waals surface area contributed by atoms with Crippen LogP contribution in [-0.4, -0.2) is 43.0 Å². The van der Waals surface area contributed by atoms with Crippen molar-refractivity contribution in [3.63, 3.8) is 0 Å².